The number of nitrogens with zero attached hydrogens (tertiary/aromatic N) is 2. The molecule has 1 heterocycles. The topological polar surface area (TPSA) is 51.1 Å². The lowest BCUT2D eigenvalue weighted by atomic mass is 10.3. The van der Waals surface area contributed by atoms with Gasteiger partial charge in [-0.15, -0.1) is 0 Å². The lowest BCUT2D eigenvalue weighted by Crippen LogP contribution is -2.19. The van der Waals surface area contributed by atoms with Gasteiger partial charge in [0.2, 0.25) is 0 Å². The van der Waals surface area contributed by atoms with Gasteiger partial charge < -0.3 is 15.4 Å². The molecule has 0 aliphatic carbocycles. The normalized spacial score (nSPS) is 10.1. The zero-order valence-corrected chi connectivity index (χ0v) is 11.9. The van der Waals surface area contributed by atoms with E-state index in [9.17, 15) is 0 Å². The summed E-state index contributed by atoms with van der Waals surface area (Å²) >= 11 is 5.27. The standard InChI is InChI=1S/C13H16N4OS/c1-9-12(8-17(2)16-9)15-13(19)14-10-5-4-6-11(7-10)18-3/h4-8H,1-3H3,(H2,14,15,19). The van der Waals surface area contributed by atoms with Crippen LogP contribution in [0.4, 0.5) is 11.4 Å². The van der Waals surface area contributed by atoms with Crippen LogP contribution in [0.25, 0.3) is 0 Å². The van der Waals surface area contributed by atoms with Crippen LogP contribution in [0.5, 0.6) is 5.75 Å². The molecule has 0 aliphatic rings. The first-order valence-corrected chi connectivity index (χ1v) is 6.21. The molecule has 0 spiro atoms. The molecule has 1 aromatic carbocycles. The summed E-state index contributed by atoms with van der Waals surface area (Å²) in [5.41, 5.74) is 2.67. The molecule has 0 radical (unpaired) electrons. The smallest absolute Gasteiger partial charge is 0.175 e. The molecule has 6 heteroatoms. The maximum absolute atomic E-state index is 5.27. The summed E-state index contributed by atoms with van der Waals surface area (Å²) in [6.07, 6.45) is 1.88. The maximum Gasteiger partial charge on any atom is 0.175 e. The fourth-order valence-electron chi connectivity index (χ4n) is 1.71. The molecule has 0 atom stereocenters. The van der Waals surface area contributed by atoms with Crippen LogP contribution in [0.15, 0.2) is 30.5 Å². The Kier molecular flexibility index (Phi) is 4.01. The number of aryl methyl sites for hydroxylation is 2. The predicted molar refractivity (Wildman–Crippen MR) is 80.8 cm³/mol. The fraction of sp³-hybridized carbons (Fsp3) is 0.231. The van der Waals surface area contributed by atoms with Gasteiger partial charge in [0.1, 0.15) is 5.75 Å². The average Bonchev–Trinajstić information content (AvgIpc) is 2.68. The summed E-state index contributed by atoms with van der Waals surface area (Å²) in [6, 6.07) is 7.59. The minimum absolute atomic E-state index is 0.518. The zero-order chi connectivity index (χ0) is 13.8. The molecule has 0 aliphatic heterocycles. The second-order valence-electron chi connectivity index (χ2n) is 4.11. The van der Waals surface area contributed by atoms with Crippen LogP contribution >= 0.6 is 12.2 Å². The van der Waals surface area contributed by atoms with Crippen molar-refractivity contribution in [1.29, 1.82) is 0 Å². The van der Waals surface area contributed by atoms with Crippen LogP contribution in [0.3, 0.4) is 0 Å². The van der Waals surface area contributed by atoms with E-state index in [2.05, 4.69) is 15.7 Å². The van der Waals surface area contributed by atoms with E-state index in [4.69, 9.17) is 17.0 Å². The number of hydrogen-bond donors (Lipinski definition) is 2. The Morgan fingerprint density at radius 2 is 2.16 bits per heavy atom. The van der Waals surface area contributed by atoms with E-state index in [1.54, 1.807) is 11.8 Å². The lowest BCUT2D eigenvalue weighted by Gasteiger charge is -2.10. The van der Waals surface area contributed by atoms with Crippen molar-refractivity contribution in [2.75, 3.05) is 17.7 Å². The summed E-state index contributed by atoms with van der Waals surface area (Å²) in [6.45, 7) is 1.93. The highest BCUT2D eigenvalue weighted by Gasteiger charge is 2.05. The summed E-state index contributed by atoms with van der Waals surface area (Å²) in [4.78, 5) is 0. The number of hydrogen-bond acceptors (Lipinski definition) is 3. The van der Waals surface area contributed by atoms with Gasteiger partial charge in [-0.2, -0.15) is 5.10 Å². The molecule has 0 saturated carbocycles. The van der Waals surface area contributed by atoms with Crippen molar-refractivity contribution in [2.45, 2.75) is 6.92 Å². The minimum atomic E-state index is 0.518. The first-order chi connectivity index (χ1) is 9.08. The van der Waals surface area contributed by atoms with Crippen molar-refractivity contribution in [2.24, 2.45) is 7.05 Å². The number of nitrogens with one attached hydrogen (secondary N) is 2. The number of anilines is 2. The zero-order valence-electron chi connectivity index (χ0n) is 11.1. The molecule has 0 unspecified atom stereocenters. The molecular weight excluding hydrogens is 260 g/mol. The molecule has 100 valence electrons. The highest BCUT2D eigenvalue weighted by Crippen LogP contribution is 2.17. The number of thiocarbonyl (C=S) groups is 1. The predicted octanol–water partition coefficient (Wildman–Crippen LogP) is 2.55. The van der Waals surface area contributed by atoms with Crippen LogP contribution < -0.4 is 15.4 Å². The molecule has 0 bridgehead atoms. The van der Waals surface area contributed by atoms with E-state index in [0.717, 1.165) is 22.8 Å². The van der Waals surface area contributed by atoms with Crippen molar-refractivity contribution >= 4 is 28.7 Å². The molecule has 2 N–H and O–H groups in total. The average molecular weight is 276 g/mol. The largest absolute Gasteiger partial charge is 0.497 e. The second kappa shape index (κ2) is 5.71. The van der Waals surface area contributed by atoms with Crippen LogP contribution in [0, 0.1) is 6.92 Å². The van der Waals surface area contributed by atoms with Gasteiger partial charge in [0, 0.05) is 25.0 Å². The quantitative estimate of drug-likeness (QED) is 0.844. The van der Waals surface area contributed by atoms with Gasteiger partial charge in [0.25, 0.3) is 0 Å². The van der Waals surface area contributed by atoms with Crippen molar-refractivity contribution in [3.63, 3.8) is 0 Å². The number of rotatable bonds is 3. The van der Waals surface area contributed by atoms with Crippen LogP contribution in [-0.2, 0) is 7.05 Å². The fourth-order valence-corrected chi connectivity index (χ4v) is 1.94. The molecule has 2 rings (SSSR count). The third-order valence-corrected chi connectivity index (χ3v) is 2.79. The summed E-state index contributed by atoms with van der Waals surface area (Å²) in [7, 11) is 3.51. The van der Waals surface area contributed by atoms with E-state index >= 15 is 0 Å². The highest BCUT2D eigenvalue weighted by molar-refractivity contribution is 7.80. The van der Waals surface area contributed by atoms with E-state index in [1.807, 2.05) is 44.4 Å². The molecule has 19 heavy (non-hydrogen) atoms. The minimum Gasteiger partial charge on any atom is -0.497 e. The number of ether oxygens (including phenoxy) is 1. The van der Waals surface area contributed by atoms with Gasteiger partial charge in [-0.25, -0.2) is 0 Å². The van der Waals surface area contributed by atoms with Crippen LogP contribution in [0.2, 0.25) is 0 Å². The Labute approximate surface area is 117 Å². The Hall–Kier alpha value is -2.08. The first-order valence-electron chi connectivity index (χ1n) is 5.81. The molecule has 1 aromatic heterocycles. The van der Waals surface area contributed by atoms with Gasteiger partial charge in [-0.1, -0.05) is 6.07 Å². The second-order valence-corrected chi connectivity index (χ2v) is 4.52. The van der Waals surface area contributed by atoms with Gasteiger partial charge in [-0.3, -0.25) is 4.68 Å². The Morgan fingerprint density at radius 1 is 1.37 bits per heavy atom. The molecule has 0 saturated heterocycles. The molecule has 0 amide bonds. The molecule has 5 nitrogen and oxygen atoms in total. The van der Waals surface area contributed by atoms with Gasteiger partial charge in [0.15, 0.2) is 5.11 Å². The lowest BCUT2D eigenvalue weighted by molar-refractivity contribution is 0.415. The van der Waals surface area contributed by atoms with Crippen LogP contribution in [0.1, 0.15) is 5.69 Å². The van der Waals surface area contributed by atoms with Crippen molar-refractivity contribution in [1.82, 2.24) is 9.78 Å². The van der Waals surface area contributed by atoms with Gasteiger partial charge in [0.05, 0.1) is 18.5 Å². The van der Waals surface area contributed by atoms with Gasteiger partial charge in [-0.05, 0) is 31.3 Å². The van der Waals surface area contributed by atoms with Crippen molar-refractivity contribution < 1.29 is 4.74 Å². The summed E-state index contributed by atoms with van der Waals surface area (Å²) in [5, 5.41) is 11.0. The van der Waals surface area contributed by atoms with Gasteiger partial charge >= 0.3 is 0 Å². The van der Waals surface area contributed by atoms with E-state index in [1.165, 1.54) is 0 Å². The highest BCUT2D eigenvalue weighted by atomic mass is 32.1. The summed E-state index contributed by atoms with van der Waals surface area (Å²) < 4.78 is 6.90. The molecular formula is C13H16N4OS. The SMILES string of the molecule is COc1cccc(NC(=S)Nc2cn(C)nc2C)c1. The van der Waals surface area contributed by atoms with E-state index in [-0.39, 0.29) is 0 Å². The third-order valence-electron chi connectivity index (χ3n) is 2.59. The van der Waals surface area contributed by atoms with Crippen molar-refractivity contribution in [3.05, 3.63) is 36.2 Å². The number of methoxy groups -OCH3 is 1. The van der Waals surface area contributed by atoms with Crippen molar-refractivity contribution in [3.8, 4) is 5.75 Å². The van der Waals surface area contributed by atoms with Crippen LogP contribution in [-0.4, -0.2) is 22.0 Å². The first kappa shape index (κ1) is 13.4. The third kappa shape index (κ3) is 3.45. The number of aromatic nitrogens is 2. The maximum atomic E-state index is 5.27. The monoisotopic (exact) mass is 276 g/mol. The van der Waals surface area contributed by atoms with E-state index < -0.39 is 0 Å². The van der Waals surface area contributed by atoms with E-state index in [0.29, 0.717) is 5.11 Å². The molecule has 0 fully saturated rings. The molecule has 2 aromatic rings. The summed E-state index contributed by atoms with van der Waals surface area (Å²) in [5.74, 6) is 0.783. The Balaban J connectivity index is 2.03. The Bertz CT molecular complexity index is 594. The Morgan fingerprint density at radius 3 is 2.79 bits per heavy atom. The number of benzene rings is 1.